The van der Waals surface area contributed by atoms with Gasteiger partial charge in [-0.2, -0.15) is 4.98 Å². The van der Waals surface area contributed by atoms with Crippen LogP contribution in [0.1, 0.15) is 17.6 Å². The van der Waals surface area contributed by atoms with Gasteiger partial charge in [0.15, 0.2) is 0 Å². The summed E-state index contributed by atoms with van der Waals surface area (Å²) in [5.74, 6) is 2.78. The third kappa shape index (κ3) is 3.57. The van der Waals surface area contributed by atoms with Crippen molar-refractivity contribution in [1.82, 2.24) is 10.1 Å². The van der Waals surface area contributed by atoms with Gasteiger partial charge in [-0.15, -0.1) is 0 Å². The van der Waals surface area contributed by atoms with Crippen molar-refractivity contribution in [3.05, 3.63) is 47.9 Å². The molecular weight excluding hydrogens is 310 g/mol. The summed E-state index contributed by atoms with van der Waals surface area (Å²) >= 11 is 0. The molecule has 1 aromatic carbocycles. The number of hydrogen-bond donors (Lipinski definition) is 1. The summed E-state index contributed by atoms with van der Waals surface area (Å²) in [4.78, 5) is 4.37. The predicted octanol–water partition coefficient (Wildman–Crippen LogP) is 3.45. The fourth-order valence-corrected chi connectivity index (χ4v) is 2.31. The lowest BCUT2D eigenvalue weighted by Crippen LogP contribution is -2.15. The van der Waals surface area contributed by atoms with Gasteiger partial charge in [-0.1, -0.05) is 17.3 Å². The molecule has 7 nitrogen and oxygen atoms in total. The van der Waals surface area contributed by atoms with E-state index in [1.165, 1.54) is 0 Å². The highest BCUT2D eigenvalue weighted by atomic mass is 16.5. The van der Waals surface area contributed by atoms with E-state index in [2.05, 4.69) is 15.5 Å². The smallest absolute Gasteiger partial charge is 0.322 e. The molecular formula is C17H19N3O4. The zero-order valence-electron chi connectivity index (χ0n) is 13.8. The fourth-order valence-electron chi connectivity index (χ4n) is 2.31. The Labute approximate surface area is 139 Å². The summed E-state index contributed by atoms with van der Waals surface area (Å²) in [7, 11) is 3.24. The van der Waals surface area contributed by atoms with Gasteiger partial charge in [-0.05, 0) is 31.2 Å². The minimum atomic E-state index is -0.220. The monoisotopic (exact) mass is 329 g/mol. The van der Waals surface area contributed by atoms with Crippen LogP contribution in [0.5, 0.6) is 5.75 Å². The van der Waals surface area contributed by atoms with Gasteiger partial charge < -0.3 is 23.7 Å². The number of benzene rings is 1. The maximum absolute atomic E-state index is 5.64. The van der Waals surface area contributed by atoms with Crippen LogP contribution in [0.25, 0.3) is 11.4 Å². The molecule has 1 atom stereocenters. The summed E-state index contributed by atoms with van der Waals surface area (Å²) < 4.78 is 21.4. The Bertz CT molecular complexity index is 796. The quantitative estimate of drug-likeness (QED) is 0.711. The fraction of sp³-hybridized carbons (Fsp3) is 0.294. The van der Waals surface area contributed by atoms with Crippen molar-refractivity contribution >= 4 is 6.01 Å². The van der Waals surface area contributed by atoms with Crippen LogP contribution in [0.4, 0.5) is 6.01 Å². The number of anilines is 1. The van der Waals surface area contributed by atoms with Crippen molar-refractivity contribution in [3.63, 3.8) is 0 Å². The average molecular weight is 329 g/mol. The number of nitrogens with one attached hydrogen (secondary N) is 1. The van der Waals surface area contributed by atoms with Crippen LogP contribution in [0.15, 0.2) is 45.3 Å². The van der Waals surface area contributed by atoms with Crippen LogP contribution in [0.3, 0.4) is 0 Å². The van der Waals surface area contributed by atoms with Crippen molar-refractivity contribution in [2.24, 2.45) is 0 Å². The molecule has 2 aromatic heterocycles. The van der Waals surface area contributed by atoms with Gasteiger partial charge >= 0.3 is 6.01 Å². The third-order valence-corrected chi connectivity index (χ3v) is 3.49. The minimum Gasteiger partial charge on any atom is -0.497 e. The highest BCUT2D eigenvalue weighted by Crippen LogP contribution is 2.25. The maximum atomic E-state index is 5.64. The van der Waals surface area contributed by atoms with E-state index >= 15 is 0 Å². The number of methoxy groups -OCH3 is 2. The molecule has 3 aromatic rings. The number of aryl methyl sites for hydroxylation is 1. The largest absolute Gasteiger partial charge is 0.497 e. The minimum absolute atomic E-state index is 0.220. The summed E-state index contributed by atoms with van der Waals surface area (Å²) in [6.07, 6.45) is 0. The van der Waals surface area contributed by atoms with E-state index in [4.69, 9.17) is 18.4 Å². The third-order valence-electron chi connectivity index (χ3n) is 3.49. The van der Waals surface area contributed by atoms with Crippen molar-refractivity contribution in [2.75, 3.05) is 26.1 Å². The van der Waals surface area contributed by atoms with Gasteiger partial charge in [0.1, 0.15) is 23.3 Å². The molecule has 0 aliphatic heterocycles. The van der Waals surface area contributed by atoms with Crippen molar-refractivity contribution < 1.29 is 18.4 Å². The first-order valence-corrected chi connectivity index (χ1v) is 7.49. The first-order valence-electron chi connectivity index (χ1n) is 7.49. The van der Waals surface area contributed by atoms with Crippen LogP contribution in [0.2, 0.25) is 0 Å². The van der Waals surface area contributed by atoms with Gasteiger partial charge in [0.25, 0.3) is 0 Å². The normalized spacial score (nSPS) is 12.1. The molecule has 1 unspecified atom stereocenters. The summed E-state index contributed by atoms with van der Waals surface area (Å²) in [6.45, 7) is 2.30. The summed E-state index contributed by atoms with van der Waals surface area (Å²) in [6, 6.07) is 11.3. The highest BCUT2D eigenvalue weighted by Gasteiger charge is 2.18. The second-order valence-electron chi connectivity index (χ2n) is 5.26. The number of rotatable bonds is 7. The lowest BCUT2D eigenvalue weighted by molar-refractivity contribution is 0.177. The Kier molecular flexibility index (Phi) is 4.81. The lowest BCUT2D eigenvalue weighted by Gasteiger charge is -2.13. The molecule has 0 saturated carbocycles. The van der Waals surface area contributed by atoms with Crippen LogP contribution in [-0.4, -0.2) is 31.0 Å². The Morgan fingerprint density at radius 1 is 1.21 bits per heavy atom. The standard InChI is InChI=1S/C17H19N3O4/c1-11-7-8-15(23-11)14(10-21-2)18-17-19-16(20-24-17)12-5-4-6-13(9-12)22-3/h4-9,14H,10H2,1-3H3,(H,18,19,20). The zero-order chi connectivity index (χ0) is 16.9. The summed E-state index contributed by atoms with van der Waals surface area (Å²) in [5.41, 5.74) is 0.809. The second kappa shape index (κ2) is 7.18. The van der Waals surface area contributed by atoms with E-state index in [1.807, 2.05) is 43.3 Å². The molecule has 0 spiro atoms. The Morgan fingerprint density at radius 3 is 2.79 bits per heavy atom. The van der Waals surface area contributed by atoms with E-state index < -0.39 is 0 Å². The molecule has 0 aliphatic rings. The van der Waals surface area contributed by atoms with E-state index in [0.29, 0.717) is 18.4 Å². The molecule has 126 valence electrons. The molecule has 24 heavy (non-hydrogen) atoms. The van der Waals surface area contributed by atoms with E-state index in [0.717, 1.165) is 22.8 Å². The Morgan fingerprint density at radius 2 is 2.08 bits per heavy atom. The van der Waals surface area contributed by atoms with E-state index in [9.17, 15) is 0 Å². The molecule has 3 rings (SSSR count). The predicted molar refractivity (Wildman–Crippen MR) is 88.0 cm³/mol. The van der Waals surface area contributed by atoms with Gasteiger partial charge in [0.2, 0.25) is 5.82 Å². The van der Waals surface area contributed by atoms with E-state index in [-0.39, 0.29) is 6.04 Å². The Balaban J connectivity index is 1.78. The van der Waals surface area contributed by atoms with Crippen LogP contribution >= 0.6 is 0 Å². The molecule has 0 bridgehead atoms. The number of ether oxygens (including phenoxy) is 2. The first kappa shape index (κ1) is 16.1. The van der Waals surface area contributed by atoms with Crippen molar-refractivity contribution in [2.45, 2.75) is 13.0 Å². The van der Waals surface area contributed by atoms with E-state index in [1.54, 1.807) is 14.2 Å². The van der Waals surface area contributed by atoms with Crippen molar-refractivity contribution in [1.29, 1.82) is 0 Å². The molecule has 0 amide bonds. The SMILES string of the molecule is COCC(Nc1nc(-c2cccc(OC)c2)no1)c1ccc(C)o1. The first-order chi connectivity index (χ1) is 11.7. The maximum Gasteiger partial charge on any atom is 0.322 e. The van der Waals surface area contributed by atoms with Crippen LogP contribution in [-0.2, 0) is 4.74 Å². The lowest BCUT2D eigenvalue weighted by atomic mass is 10.2. The molecule has 2 heterocycles. The van der Waals surface area contributed by atoms with Crippen LogP contribution < -0.4 is 10.1 Å². The molecule has 1 N–H and O–H groups in total. The molecule has 0 saturated heterocycles. The topological polar surface area (TPSA) is 82.5 Å². The van der Waals surface area contributed by atoms with Gasteiger partial charge in [0, 0.05) is 12.7 Å². The second-order valence-corrected chi connectivity index (χ2v) is 5.26. The molecule has 7 heteroatoms. The number of hydrogen-bond acceptors (Lipinski definition) is 7. The van der Waals surface area contributed by atoms with Crippen LogP contribution in [0, 0.1) is 6.92 Å². The summed E-state index contributed by atoms with van der Waals surface area (Å²) in [5, 5.41) is 7.14. The zero-order valence-corrected chi connectivity index (χ0v) is 13.8. The number of aromatic nitrogens is 2. The number of nitrogens with zero attached hydrogens (tertiary/aromatic N) is 2. The van der Waals surface area contributed by atoms with Crippen molar-refractivity contribution in [3.8, 4) is 17.1 Å². The molecule has 0 fully saturated rings. The number of furan rings is 1. The molecule has 0 aliphatic carbocycles. The average Bonchev–Trinajstić information content (AvgIpc) is 3.24. The van der Waals surface area contributed by atoms with Gasteiger partial charge in [0.05, 0.1) is 13.7 Å². The Hall–Kier alpha value is -2.80. The highest BCUT2D eigenvalue weighted by molar-refractivity contribution is 5.58. The van der Waals surface area contributed by atoms with Gasteiger partial charge in [-0.3, -0.25) is 0 Å². The van der Waals surface area contributed by atoms with Gasteiger partial charge in [-0.25, -0.2) is 0 Å². The molecule has 0 radical (unpaired) electrons.